The number of carbonyl (C=O) groups is 1. The van der Waals surface area contributed by atoms with Gasteiger partial charge in [0.15, 0.2) is 0 Å². The zero-order valence-corrected chi connectivity index (χ0v) is 15.8. The van der Waals surface area contributed by atoms with Gasteiger partial charge in [0.1, 0.15) is 0 Å². The SMILES string of the molecule is O=C(c1ccc([N+](=O)[O-])cc1)N(Cc1cc2ccccc2[nH]c1=O)c1ccccc1. The van der Waals surface area contributed by atoms with E-state index in [1.165, 1.54) is 29.2 Å². The van der Waals surface area contributed by atoms with Crippen LogP contribution >= 0.6 is 0 Å². The largest absolute Gasteiger partial charge is 0.322 e. The quantitative estimate of drug-likeness (QED) is 0.400. The molecule has 0 aliphatic heterocycles. The Bertz CT molecular complexity index is 1280. The number of nitro benzene ring substituents is 1. The number of para-hydroxylation sites is 2. The van der Waals surface area contributed by atoms with Crippen LogP contribution in [0.5, 0.6) is 0 Å². The Hall–Kier alpha value is -4.26. The standard InChI is InChI=1S/C23H17N3O4/c27-22-18(14-17-6-4-5-9-21(17)24-22)15-25(19-7-2-1-3-8-19)23(28)16-10-12-20(13-11-16)26(29)30/h1-14H,15H2,(H,24,27). The van der Waals surface area contributed by atoms with Gasteiger partial charge in [-0.25, -0.2) is 0 Å². The van der Waals surface area contributed by atoms with Gasteiger partial charge in [-0.05, 0) is 41.8 Å². The van der Waals surface area contributed by atoms with Gasteiger partial charge in [0, 0.05) is 34.5 Å². The second-order valence-corrected chi connectivity index (χ2v) is 6.74. The fourth-order valence-electron chi connectivity index (χ4n) is 3.25. The lowest BCUT2D eigenvalue weighted by atomic mass is 10.1. The summed E-state index contributed by atoms with van der Waals surface area (Å²) in [5, 5.41) is 11.8. The van der Waals surface area contributed by atoms with Gasteiger partial charge in [0.25, 0.3) is 17.2 Å². The van der Waals surface area contributed by atoms with E-state index in [0.29, 0.717) is 16.8 Å². The zero-order chi connectivity index (χ0) is 21.1. The molecule has 7 heteroatoms. The first-order valence-electron chi connectivity index (χ1n) is 9.25. The van der Waals surface area contributed by atoms with E-state index in [2.05, 4.69) is 4.98 Å². The maximum absolute atomic E-state index is 13.2. The first-order valence-corrected chi connectivity index (χ1v) is 9.25. The molecule has 7 nitrogen and oxygen atoms in total. The number of nitrogens with zero attached hydrogens (tertiary/aromatic N) is 2. The number of amides is 1. The van der Waals surface area contributed by atoms with Gasteiger partial charge < -0.3 is 9.88 Å². The molecule has 0 aliphatic rings. The highest BCUT2D eigenvalue weighted by atomic mass is 16.6. The van der Waals surface area contributed by atoms with Crippen molar-refractivity contribution in [3.8, 4) is 0 Å². The van der Waals surface area contributed by atoms with Crippen molar-refractivity contribution in [2.45, 2.75) is 6.54 Å². The number of non-ortho nitro benzene ring substituents is 1. The van der Waals surface area contributed by atoms with Crippen LogP contribution in [0.1, 0.15) is 15.9 Å². The van der Waals surface area contributed by atoms with Crippen LogP contribution < -0.4 is 10.5 Å². The van der Waals surface area contributed by atoms with E-state index < -0.39 is 4.92 Å². The maximum Gasteiger partial charge on any atom is 0.269 e. The number of fused-ring (bicyclic) bond motifs is 1. The van der Waals surface area contributed by atoms with Crippen molar-refractivity contribution < 1.29 is 9.72 Å². The molecule has 4 rings (SSSR count). The summed E-state index contributed by atoms with van der Waals surface area (Å²) in [5.74, 6) is -0.358. The summed E-state index contributed by atoms with van der Waals surface area (Å²) in [6.45, 7) is 0.0556. The zero-order valence-electron chi connectivity index (χ0n) is 15.8. The van der Waals surface area contributed by atoms with Crippen LogP contribution in [0.25, 0.3) is 10.9 Å². The molecular weight excluding hydrogens is 382 g/mol. The van der Waals surface area contributed by atoms with E-state index in [4.69, 9.17) is 0 Å². The lowest BCUT2D eigenvalue weighted by molar-refractivity contribution is -0.384. The number of hydrogen-bond donors (Lipinski definition) is 1. The predicted molar refractivity (Wildman–Crippen MR) is 115 cm³/mol. The minimum Gasteiger partial charge on any atom is -0.322 e. The molecule has 1 heterocycles. The van der Waals surface area contributed by atoms with Crippen molar-refractivity contribution in [1.29, 1.82) is 0 Å². The summed E-state index contributed by atoms with van der Waals surface area (Å²) < 4.78 is 0. The Morgan fingerprint density at radius 2 is 1.60 bits per heavy atom. The molecule has 0 saturated carbocycles. The van der Waals surface area contributed by atoms with Gasteiger partial charge >= 0.3 is 0 Å². The molecule has 4 aromatic rings. The fourth-order valence-corrected chi connectivity index (χ4v) is 3.25. The van der Waals surface area contributed by atoms with Gasteiger partial charge in [0.05, 0.1) is 11.5 Å². The van der Waals surface area contributed by atoms with Gasteiger partial charge in [-0.15, -0.1) is 0 Å². The minimum atomic E-state index is -0.516. The molecule has 0 atom stereocenters. The molecule has 1 aromatic heterocycles. The van der Waals surface area contributed by atoms with Crippen LogP contribution in [0.15, 0.2) is 89.7 Å². The van der Waals surface area contributed by atoms with E-state index in [0.717, 1.165) is 10.9 Å². The van der Waals surface area contributed by atoms with Gasteiger partial charge in [-0.1, -0.05) is 36.4 Å². The molecule has 0 aliphatic carbocycles. The first kappa shape index (κ1) is 19.1. The number of nitro groups is 1. The molecule has 1 amide bonds. The average molecular weight is 399 g/mol. The van der Waals surface area contributed by atoms with Crippen LogP contribution in [-0.2, 0) is 6.54 Å². The van der Waals surface area contributed by atoms with Crippen LogP contribution in [0.2, 0.25) is 0 Å². The number of benzene rings is 3. The van der Waals surface area contributed by atoms with Crippen molar-refractivity contribution in [2.24, 2.45) is 0 Å². The number of nitrogens with one attached hydrogen (secondary N) is 1. The minimum absolute atomic E-state index is 0.0556. The Kier molecular flexibility index (Phi) is 5.09. The summed E-state index contributed by atoms with van der Waals surface area (Å²) in [4.78, 5) is 40.6. The second-order valence-electron chi connectivity index (χ2n) is 6.74. The number of carbonyl (C=O) groups excluding carboxylic acids is 1. The highest BCUT2D eigenvalue weighted by molar-refractivity contribution is 6.06. The van der Waals surface area contributed by atoms with Crippen LogP contribution in [0.3, 0.4) is 0 Å². The molecule has 3 aromatic carbocycles. The molecule has 30 heavy (non-hydrogen) atoms. The summed E-state index contributed by atoms with van der Waals surface area (Å²) in [6.07, 6.45) is 0. The Morgan fingerprint density at radius 1 is 0.933 bits per heavy atom. The highest BCUT2D eigenvalue weighted by Crippen LogP contribution is 2.21. The number of aromatic nitrogens is 1. The predicted octanol–water partition coefficient (Wildman–Crippen LogP) is 4.28. The number of aromatic amines is 1. The number of anilines is 1. The van der Waals surface area contributed by atoms with Gasteiger partial charge in [-0.2, -0.15) is 0 Å². The molecule has 0 bridgehead atoms. The molecule has 0 fully saturated rings. The van der Waals surface area contributed by atoms with E-state index in [1.54, 1.807) is 30.3 Å². The van der Waals surface area contributed by atoms with E-state index in [9.17, 15) is 19.7 Å². The van der Waals surface area contributed by atoms with Gasteiger partial charge in [-0.3, -0.25) is 19.7 Å². The highest BCUT2D eigenvalue weighted by Gasteiger charge is 2.20. The number of pyridine rings is 1. The molecular formula is C23H17N3O4. The third-order valence-electron chi connectivity index (χ3n) is 4.80. The van der Waals surface area contributed by atoms with Crippen molar-refractivity contribution in [1.82, 2.24) is 4.98 Å². The monoisotopic (exact) mass is 399 g/mol. The van der Waals surface area contributed by atoms with Crippen molar-refractivity contribution in [3.05, 3.63) is 117 Å². The van der Waals surface area contributed by atoms with Gasteiger partial charge in [0.2, 0.25) is 0 Å². The molecule has 0 radical (unpaired) electrons. The number of hydrogen-bond acceptors (Lipinski definition) is 4. The smallest absolute Gasteiger partial charge is 0.269 e. The van der Waals surface area contributed by atoms with E-state index in [-0.39, 0.29) is 23.7 Å². The Morgan fingerprint density at radius 3 is 2.30 bits per heavy atom. The van der Waals surface area contributed by atoms with Crippen LogP contribution in [0, 0.1) is 10.1 Å². The average Bonchev–Trinajstić information content (AvgIpc) is 2.78. The molecule has 0 spiro atoms. The number of rotatable bonds is 5. The second kappa shape index (κ2) is 8.00. The first-order chi connectivity index (χ1) is 14.5. The van der Waals surface area contributed by atoms with Crippen molar-refractivity contribution in [2.75, 3.05) is 4.90 Å². The lowest BCUT2D eigenvalue weighted by Crippen LogP contribution is -2.32. The summed E-state index contributed by atoms with van der Waals surface area (Å²) in [5.41, 5.74) is 1.71. The lowest BCUT2D eigenvalue weighted by Gasteiger charge is -2.23. The van der Waals surface area contributed by atoms with E-state index >= 15 is 0 Å². The molecule has 1 N–H and O–H groups in total. The summed E-state index contributed by atoms with van der Waals surface area (Å²) in [7, 11) is 0. The molecule has 0 unspecified atom stereocenters. The number of H-pyrrole nitrogens is 1. The summed E-state index contributed by atoms with van der Waals surface area (Å²) >= 11 is 0. The third kappa shape index (κ3) is 3.81. The fraction of sp³-hybridized carbons (Fsp3) is 0.0435. The topological polar surface area (TPSA) is 96.3 Å². The van der Waals surface area contributed by atoms with Crippen molar-refractivity contribution in [3.63, 3.8) is 0 Å². The van der Waals surface area contributed by atoms with Crippen LogP contribution in [0.4, 0.5) is 11.4 Å². The Labute approximate surface area is 171 Å². The summed E-state index contributed by atoms with van der Waals surface area (Å²) in [6, 6.07) is 23.6. The Balaban J connectivity index is 1.74. The normalized spacial score (nSPS) is 10.7. The van der Waals surface area contributed by atoms with Crippen LogP contribution in [-0.4, -0.2) is 15.8 Å². The van der Waals surface area contributed by atoms with Crippen molar-refractivity contribution >= 4 is 28.2 Å². The molecule has 148 valence electrons. The third-order valence-corrected chi connectivity index (χ3v) is 4.80. The molecule has 0 saturated heterocycles. The van der Waals surface area contributed by atoms with E-state index in [1.807, 2.05) is 30.3 Å². The maximum atomic E-state index is 13.2.